The first-order valence-corrected chi connectivity index (χ1v) is 10.0. The maximum atomic E-state index is 14.2. The Morgan fingerprint density at radius 2 is 2.06 bits per heavy atom. The fourth-order valence-electron chi connectivity index (χ4n) is 5.23. The Balaban J connectivity index is 1.51. The normalized spacial score (nSPS) is 30.8. The van der Waals surface area contributed by atoms with Gasteiger partial charge in [-0.05, 0) is 30.7 Å². The van der Waals surface area contributed by atoms with Crippen molar-refractivity contribution in [3.63, 3.8) is 0 Å². The number of hydrogen-bond donors (Lipinski definition) is 2. The number of carbonyl (C=O) groups excluding carboxylic acids is 1. The van der Waals surface area contributed by atoms with Gasteiger partial charge in [0.1, 0.15) is 17.5 Å². The Morgan fingerprint density at radius 1 is 1.28 bits per heavy atom. The lowest BCUT2D eigenvalue weighted by Gasteiger charge is -2.26. The largest absolute Gasteiger partial charge is 0.397 e. The lowest BCUT2D eigenvalue weighted by molar-refractivity contribution is -0.192. The summed E-state index contributed by atoms with van der Waals surface area (Å²) in [6.45, 7) is -1.58. The highest BCUT2D eigenvalue weighted by Gasteiger charge is 2.86. The molecule has 2 aromatic rings. The predicted molar refractivity (Wildman–Crippen MR) is 104 cm³/mol. The highest BCUT2D eigenvalue weighted by Crippen LogP contribution is 2.75. The molecule has 2 saturated heterocycles. The second-order valence-corrected chi connectivity index (χ2v) is 8.76. The van der Waals surface area contributed by atoms with Crippen LogP contribution in [0.15, 0.2) is 30.5 Å². The van der Waals surface area contributed by atoms with E-state index in [4.69, 9.17) is 0 Å². The van der Waals surface area contributed by atoms with Crippen LogP contribution in [0.5, 0.6) is 0 Å². The number of anilines is 1. The number of nitrogens with one attached hydrogen (secondary N) is 2. The molecule has 0 spiro atoms. The minimum atomic E-state index is -4.68. The quantitative estimate of drug-likeness (QED) is 0.702. The summed E-state index contributed by atoms with van der Waals surface area (Å²) in [5.41, 5.74) is -3.10. The number of nitrogens with zero attached hydrogens (tertiary/aromatic N) is 3. The zero-order valence-electron chi connectivity index (χ0n) is 16.6. The van der Waals surface area contributed by atoms with Gasteiger partial charge in [0.15, 0.2) is 0 Å². The van der Waals surface area contributed by atoms with E-state index in [9.17, 15) is 32.0 Å². The molecular formula is C21H18F5N5O. The summed E-state index contributed by atoms with van der Waals surface area (Å²) in [6, 6.07) is 6.74. The SMILES string of the molecule is N#Cc1ccc(N2C[C@]3(C(=O)NC4CNCC4(F)F)C[C@]3(C(F)(F)F)C2)c2cccnc12. The van der Waals surface area contributed by atoms with Gasteiger partial charge in [0, 0.05) is 36.9 Å². The molecule has 11 heteroatoms. The first-order valence-electron chi connectivity index (χ1n) is 10.0. The summed E-state index contributed by atoms with van der Waals surface area (Å²) < 4.78 is 70.4. The van der Waals surface area contributed by atoms with Gasteiger partial charge < -0.3 is 15.5 Å². The number of alkyl halides is 5. The third-order valence-electron chi connectivity index (χ3n) is 7.03. The van der Waals surface area contributed by atoms with E-state index in [1.165, 1.54) is 23.2 Å². The molecule has 1 aliphatic carbocycles. The number of fused-ring (bicyclic) bond motifs is 2. The van der Waals surface area contributed by atoms with Crippen LogP contribution in [-0.2, 0) is 4.79 Å². The molecule has 3 fully saturated rings. The number of hydrogen-bond acceptors (Lipinski definition) is 5. The average Bonchev–Trinajstić information content (AvgIpc) is 3.11. The molecule has 3 atom stereocenters. The van der Waals surface area contributed by atoms with Crippen molar-refractivity contribution in [2.24, 2.45) is 10.8 Å². The van der Waals surface area contributed by atoms with Gasteiger partial charge in [0.25, 0.3) is 5.92 Å². The molecular weight excluding hydrogens is 433 g/mol. The van der Waals surface area contributed by atoms with Crippen LogP contribution in [0.1, 0.15) is 12.0 Å². The predicted octanol–water partition coefficient (Wildman–Crippen LogP) is 2.59. The Morgan fingerprint density at radius 3 is 2.72 bits per heavy atom. The first kappa shape index (κ1) is 20.9. The van der Waals surface area contributed by atoms with Crippen molar-refractivity contribution in [3.05, 3.63) is 36.0 Å². The molecule has 2 aliphatic heterocycles. The molecule has 1 unspecified atom stereocenters. The van der Waals surface area contributed by atoms with E-state index in [1.54, 1.807) is 12.1 Å². The molecule has 1 aromatic heterocycles. The number of amides is 1. The average molecular weight is 451 g/mol. The summed E-state index contributed by atoms with van der Waals surface area (Å²) in [7, 11) is 0. The molecule has 2 N–H and O–H groups in total. The number of carbonyl (C=O) groups is 1. The Bertz CT molecular complexity index is 1160. The number of aromatic nitrogens is 1. The maximum Gasteiger partial charge on any atom is 0.397 e. The Kier molecular flexibility index (Phi) is 4.25. The molecule has 0 bridgehead atoms. The smallest absolute Gasteiger partial charge is 0.369 e. The summed E-state index contributed by atoms with van der Waals surface area (Å²) >= 11 is 0. The molecule has 1 amide bonds. The number of piperidine rings is 1. The van der Waals surface area contributed by atoms with Crippen LogP contribution >= 0.6 is 0 Å². The fourth-order valence-corrected chi connectivity index (χ4v) is 5.23. The van der Waals surface area contributed by atoms with Crippen molar-refractivity contribution in [1.29, 1.82) is 5.26 Å². The highest BCUT2D eigenvalue weighted by atomic mass is 19.4. The third-order valence-corrected chi connectivity index (χ3v) is 7.03. The van der Waals surface area contributed by atoms with Crippen molar-refractivity contribution in [2.45, 2.75) is 24.6 Å². The van der Waals surface area contributed by atoms with Crippen molar-refractivity contribution >= 4 is 22.5 Å². The van der Waals surface area contributed by atoms with E-state index < -0.39 is 54.4 Å². The highest BCUT2D eigenvalue weighted by molar-refractivity contribution is 5.97. The number of pyridine rings is 1. The minimum Gasteiger partial charge on any atom is -0.369 e. The van der Waals surface area contributed by atoms with Crippen LogP contribution in [0, 0.1) is 22.2 Å². The van der Waals surface area contributed by atoms with Crippen molar-refractivity contribution in [3.8, 4) is 6.07 Å². The van der Waals surface area contributed by atoms with E-state index in [-0.39, 0.29) is 18.7 Å². The van der Waals surface area contributed by atoms with E-state index >= 15 is 0 Å². The van der Waals surface area contributed by atoms with Gasteiger partial charge in [0.2, 0.25) is 5.91 Å². The van der Waals surface area contributed by atoms with E-state index in [0.29, 0.717) is 16.6 Å². The molecule has 1 saturated carbocycles. The second-order valence-electron chi connectivity index (χ2n) is 8.76. The molecule has 6 nitrogen and oxygen atoms in total. The van der Waals surface area contributed by atoms with E-state index in [0.717, 1.165) is 0 Å². The first-order chi connectivity index (χ1) is 15.0. The maximum absolute atomic E-state index is 14.2. The summed E-state index contributed by atoms with van der Waals surface area (Å²) in [5.74, 6) is -4.23. The lowest BCUT2D eigenvalue weighted by Crippen LogP contribution is -2.51. The standard InChI is InChI=1S/C21H18F5N5O/c22-20(23)9-28-7-15(20)30-17(32)18-8-19(18,21(24,25)26)11-31(10-18)14-4-3-12(6-27)16-13(14)2-1-5-29-16/h1-5,15,28H,7-11H2,(H,30,32)/t15?,18-,19-/m0/s1. The van der Waals surface area contributed by atoms with Crippen molar-refractivity contribution in [2.75, 3.05) is 31.1 Å². The molecule has 3 heterocycles. The van der Waals surface area contributed by atoms with Crippen LogP contribution in [0.4, 0.5) is 27.6 Å². The number of nitriles is 1. The lowest BCUT2D eigenvalue weighted by atomic mass is 9.94. The van der Waals surface area contributed by atoms with Gasteiger partial charge in [-0.3, -0.25) is 9.78 Å². The van der Waals surface area contributed by atoms with Gasteiger partial charge in [-0.2, -0.15) is 18.4 Å². The fraction of sp³-hybridized carbons (Fsp3) is 0.476. The van der Waals surface area contributed by atoms with E-state index in [2.05, 4.69) is 15.6 Å². The number of halogens is 5. The number of rotatable bonds is 3. The van der Waals surface area contributed by atoms with Crippen LogP contribution in [-0.4, -0.2) is 55.2 Å². The van der Waals surface area contributed by atoms with Gasteiger partial charge >= 0.3 is 6.18 Å². The summed E-state index contributed by atoms with van der Waals surface area (Å²) in [6.07, 6.45) is -3.64. The van der Waals surface area contributed by atoms with Crippen LogP contribution < -0.4 is 15.5 Å². The Labute approximate surface area is 179 Å². The molecule has 1 aromatic carbocycles. The number of benzene rings is 1. The van der Waals surface area contributed by atoms with E-state index in [1.807, 2.05) is 6.07 Å². The van der Waals surface area contributed by atoms with Gasteiger partial charge in [-0.15, -0.1) is 0 Å². The topological polar surface area (TPSA) is 81.0 Å². The molecule has 0 radical (unpaired) electrons. The third kappa shape index (κ3) is 2.71. The molecule has 5 rings (SSSR count). The summed E-state index contributed by atoms with van der Waals surface area (Å²) in [4.78, 5) is 18.6. The zero-order chi connectivity index (χ0) is 22.9. The molecule has 32 heavy (non-hydrogen) atoms. The summed E-state index contributed by atoms with van der Waals surface area (Å²) in [5, 5.41) is 14.4. The van der Waals surface area contributed by atoms with Gasteiger partial charge in [-0.25, -0.2) is 8.78 Å². The van der Waals surface area contributed by atoms with Crippen molar-refractivity contribution < 1.29 is 26.7 Å². The van der Waals surface area contributed by atoms with Crippen LogP contribution in [0.3, 0.4) is 0 Å². The minimum absolute atomic E-state index is 0.205. The van der Waals surface area contributed by atoms with Gasteiger partial charge in [0.05, 0.1) is 23.0 Å². The van der Waals surface area contributed by atoms with Gasteiger partial charge in [-0.1, -0.05) is 0 Å². The molecule has 168 valence electrons. The zero-order valence-corrected chi connectivity index (χ0v) is 16.6. The monoisotopic (exact) mass is 451 g/mol. The molecule has 3 aliphatic rings. The Hall–Kier alpha value is -3.00. The van der Waals surface area contributed by atoms with Crippen LogP contribution in [0.2, 0.25) is 0 Å². The van der Waals surface area contributed by atoms with Crippen LogP contribution in [0.25, 0.3) is 10.9 Å². The van der Waals surface area contributed by atoms with Crippen molar-refractivity contribution in [1.82, 2.24) is 15.6 Å². The second kappa shape index (κ2) is 6.51.